The fraction of sp³-hybridized carbons (Fsp3) is 0.529. The van der Waals surface area contributed by atoms with Crippen molar-refractivity contribution in [2.75, 3.05) is 25.5 Å². The molecule has 27 heavy (non-hydrogen) atoms. The molecule has 1 amide bonds. The van der Waals surface area contributed by atoms with Crippen LogP contribution >= 0.6 is 0 Å². The second kappa shape index (κ2) is 6.29. The topological polar surface area (TPSA) is 83.4 Å². The number of aliphatic imine (C=N–C) groups is 1. The van der Waals surface area contributed by atoms with Crippen molar-refractivity contribution in [3.05, 3.63) is 17.7 Å². The molecule has 0 spiro atoms. The third-order valence-corrected chi connectivity index (χ3v) is 5.29. The first-order valence-corrected chi connectivity index (χ1v) is 8.49. The maximum Gasteiger partial charge on any atom is 0.471 e. The summed E-state index contributed by atoms with van der Waals surface area (Å²) in [4.78, 5) is 16.2. The molecule has 146 valence electrons. The number of nitrogens with one attached hydrogen (secondary N) is 1. The second-order valence-electron chi connectivity index (χ2n) is 6.93. The van der Waals surface area contributed by atoms with Crippen LogP contribution in [0.1, 0.15) is 18.2 Å². The Hall–Kier alpha value is -2.49. The van der Waals surface area contributed by atoms with Crippen molar-refractivity contribution in [3.8, 4) is 11.5 Å². The molecule has 1 aromatic carbocycles. The van der Waals surface area contributed by atoms with Gasteiger partial charge in [0, 0.05) is 36.6 Å². The van der Waals surface area contributed by atoms with Crippen LogP contribution in [0.5, 0.6) is 11.5 Å². The maximum absolute atomic E-state index is 12.6. The van der Waals surface area contributed by atoms with Crippen LogP contribution < -0.4 is 14.8 Å². The van der Waals surface area contributed by atoms with Crippen molar-refractivity contribution >= 4 is 17.9 Å². The van der Waals surface area contributed by atoms with Crippen molar-refractivity contribution in [1.29, 1.82) is 0 Å². The Morgan fingerprint density at radius 1 is 1.30 bits per heavy atom. The van der Waals surface area contributed by atoms with Gasteiger partial charge in [-0.1, -0.05) is 0 Å². The summed E-state index contributed by atoms with van der Waals surface area (Å²) < 4.78 is 49.3. The number of fused-ring (bicyclic) bond motifs is 3. The van der Waals surface area contributed by atoms with E-state index in [1.165, 1.54) is 13.4 Å². The van der Waals surface area contributed by atoms with Gasteiger partial charge in [0.2, 0.25) is 0 Å². The molecule has 1 aromatic rings. The molecule has 2 N–H and O–H groups in total. The first-order chi connectivity index (χ1) is 12.8. The Kier molecular flexibility index (Phi) is 4.17. The molecule has 7 nitrogen and oxygen atoms in total. The number of anilines is 1. The number of aliphatic hydroxyl groups is 1. The van der Waals surface area contributed by atoms with Crippen molar-refractivity contribution < 1.29 is 32.5 Å². The van der Waals surface area contributed by atoms with E-state index in [1.54, 1.807) is 12.1 Å². The summed E-state index contributed by atoms with van der Waals surface area (Å²) in [6.45, 7) is 0.0302. The first kappa shape index (κ1) is 17.9. The van der Waals surface area contributed by atoms with Gasteiger partial charge < -0.3 is 24.8 Å². The van der Waals surface area contributed by atoms with Gasteiger partial charge in [0.1, 0.15) is 6.10 Å². The lowest BCUT2D eigenvalue weighted by Crippen LogP contribution is -2.63. The highest BCUT2D eigenvalue weighted by molar-refractivity contribution is 5.82. The Labute approximate surface area is 152 Å². The monoisotopic (exact) mass is 385 g/mol. The molecule has 1 aliphatic carbocycles. The zero-order valence-corrected chi connectivity index (χ0v) is 14.4. The highest BCUT2D eigenvalue weighted by Gasteiger charge is 2.53. The number of alkyl halides is 3. The minimum atomic E-state index is -4.86. The van der Waals surface area contributed by atoms with Crippen molar-refractivity contribution in [2.24, 2.45) is 16.8 Å². The van der Waals surface area contributed by atoms with Gasteiger partial charge in [0.25, 0.3) is 0 Å². The van der Waals surface area contributed by atoms with Gasteiger partial charge in [-0.15, -0.1) is 0 Å². The lowest BCUT2D eigenvalue weighted by Gasteiger charge is -2.52. The molecule has 3 aliphatic rings. The average Bonchev–Trinajstić information content (AvgIpc) is 2.64. The van der Waals surface area contributed by atoms with E-state index in [9.17, 15) is 23.1 Å². The largest absolute Gasteiger partial charge is 0.493 e. The highest BCUT2D eigenvalue weighted by atomic mass is 19.4. The third-order valence-electron chi connectivity index (χ3n) is 5.29. The molecule has 2 heterocycles. The number of hydrogen-bond donors (Lipinski definition) is 2. The average molecular weight is 385 g/mol. The van der Waals surface area contributed by atoms with Gasteiger partial charge in [-0.05, 0) is 12.5 Å². The molecular formula is C17H18F3N3O4. The molecule has 10 heteroatoms. The van der Waals surface area contributed by atoms with E-state index < -0.39 is 18.3 Å². The van der Waals surface area contributed by atoms with Gasteiger partial charge in [0.15, 0.2) is 17.7 Å². The number of nitrogens with zero attached hydrogens (tertiary/aromatic N) is 2. The number of hydrogen-bond acceptors (Lipinski definition) is 6. The number of methoxy groups -OCH3 is 1. The number of ether oxygens (including phenoxy) is 2. The molecule has 2 unspecified atom stereocenters. The lowest BCUT2D eigenvalue weighted by molar-refractivity contribution is -0.196. The van der Waals surface area contributed by atoms with Crippen LogP contribution in [0.25, 0.3) is 0 Å². The van der Waals surface area contributed by atoms with Crippen LogP contribution in [0.2, 0.25) is 0 Å². The molecule has 2 fully saturated rings. The number of benzene rings is 1. The number of amides is 1. The molecule has 0 radical (unpaired) electrons. The first-order valence-electron chi connectivity index (χ1n) is 8.49. The van der Waals surface area contributed by atoms with Gasteiger partial charge in [-0.25, -0.2) is 4.99 Å². The maximum atomic E-state index is 12.6. The smallest absolute Gasteiger partial charge is 0.471 e. The van der Waals surface area contributed by atoms with Gasteiger partial charge in [-0.3, -0.25) is 4.79 Å². The molecular weight excluding hydrogens is 367 g/mol. The molecule has 4 rings (SSSR count). The summed E-state index contributed by atoms with van der Waals surface area (Å²) >= 11 is 0. The zero-order valence-electron chi connectivity index (χ0n) is 14.4. The molecule has 4 atom stereocenters. The van der Waals surface area contributed by atoms with Crippen molar-refractivity contribution in [1.82, 2.24) is 4.90 Å². The molecule has 2 aliphatic heterocycles. The minimum Gasteiger partial charge on any atom is -0.493 e. The highest BCUT2D eigenvalue weighted by Crippen LogP contribution is 2.46. The third kappa shape index (κ3) is 3.07. The van der Waals surface area contributed by atoms with E-state index in [-0.39, 0.29) is 31.0 Å². The molecule has 2 bridgehead atoms. The lowest BCUT2D eigenvalue weighted by atomic mass is 9.68. The number of rotatable bonds is 3. The van der Waals surface area contributed by atoms with Gasteiger partial charge >= 0.3 is 12.1 Å². The quantitative estimate of drug-likeness (QED) is 0.831. The molecule has 1 saturated carbocycles. The SMILES string of the molecule is COc1cc2c(cc1OC1[C@@H]3C[C@H]1CN(C(=O)C(F)(F)F)C3)C(O)N=CN2. The van der Waals surface area contributed by atoms with E-state index in [2.05, 4.69) is 10.3 Å². The predicted octanol–water partition coefficient (Wildman–Crippen LogP) is 1.93. The summed E-state index contributed by atoms with van der Waals surface area (Å²) in [6, 6.07) is 3.29. The Balaban J connectivity index is 1.50. The standard InChI is InChI=1S/C17H18F3N3O4/c1-26-12-4-11-10(15(24)22-7-21-11)3-13(12)27-14-8-2-9(14)6-23(5-8)16(25)17(18,19)20/h3-4,7-9,14-15,24H,2,5-6H2,1H3,(H,21,22)/t8-,9+,14?,15?. The Morgan fingerprint density at radius 2 is 2.00 bits per heavy atom. The number of carbonyl (C=O) groups is 1. The van der Waals surface area contributed by atoms with Crippen LogP contribution in [0, 0.1) is 11.8 Å². The summed E-state index contributed by atoms with van der Waals surface area (Å²) in [7, 11) is 1.48. The molecule has 1 saturated heterocycles. The van der Waals surface area contributed by atoms with Gasteiger partial charge in [-0.2, -0.15) is 13.2 Å². The normalized spacial score (nSPS) is 28.7. The number of piperidine rings is 2. The second-order valence-corrected chi connectivity index (χ2v) is 6.93. The van der Waals surface area contributed by atoms with Crippen LogP contribution in [0.3, 0.4) is 0 Å². The van der Waals surface area contributed by atoms with E-state index in [1.807, 2.05) is 0 Å². The number of carbonyl (C=O) groups excluding carboxylic acids is 1. The zero-order chi connectivity index (χ0) is 19.3. The van der Waals surface area contributed by atoms with Crippen molar-refractivity contribution in [3.63, 3.8) is 0 Å². The number of aliphatic hydroxyl groups excluding tert-OH is 1. The van der Waals surface area contributed by atoms with E-state index in [0.29, 0.717) is 29.2 Å². The predicted molar refractivity (Wildman–Crippen MR) is 88.7 cm³/mol. The summed E-state index contributed by atoms with van der Waals surface area (Å²) in [5.74, 6) is -1.30. The van der Waals surface area contributed by atoms with Crippen LogP contribution in [0.15, 0.2) is 17.1 Å². The van der Waals surface area contributed by atoms with Crippen LogP contribution in [-0.2, 0) is 4.79 Å². The minimum absolute atomic E-state index is 0.0151. The Morgan fingerprint density at radius 3 is 2.63 bits per heavy atom. The number of likely N-dealkylation sites (tertiary alicyclic amines) is 1. The summed E-state index contributed by atoms with van der Waals surface area (Å²) in [6.07, 6.45) is -4.09. The van der Waals surface area contributed by atoms with E-state index in [0.717, 1.165) is 4.90 Å². The number of halogens is 3. The van der Waals surface area contributed by atoms with Crippen LogP contribution in [-0.4, -0.2) is 54.7 Å². The molecule has 0 aromatic heterocycles. The van der Waals surface area contributed by atoms with Crippen molar-refractivity contribution in [2.45, 2.75) is 24.9 Å². The summed E-state index contributed by atoms with van der Waals surface area (Å²) in [5, 5.41) is 12.9. The Bertz CT molecular complexity index is 786. The van der Waals surface area contributed by atoms with Gasteiger partial charge in [0.05, 0.1) is 19.1 Å². The fourth-order valence-electron chi connectivity index (χ4n) is 3.95. The van der Waals surface area contributed by atoms with E-state index in [4.69, 9.17) is 9.47 Å². The van der Waals surface area contributed by atoms with E-state index >= 15 is 0 Å². The van der Waals surface area contributed by atoms with Crippen LogP contribution in [0.4, 0.5) is 18.9 Å². The fourth-order valence-corrected chi connectivity index (χ4v) is 3.95. The summed E-state index contributed by atoms with van der Waals surface area (Å²) in [5.41, 5.74) is 1.16.